The maximum atomic E-state index is 12.0. The molecule has 2 aromatic rings. The molecule has 1 aliphatic carbocycles. The highest BCUT2D eigenvalue weighted by atomic mass is 32.2. The molecule has 1 saturated heterocycles. The summed E-state index contributed by atoms with van der Waals surface area (Å²) >= 11 is 1.81. The second kappa shape index (κ2) is 11.9. The average molecular weight is 522 g/mol. The maximum absolute atomic E-state index is 12.0. The summed E-state index contributed by atoms with van der Waals surface area (Å²) in [7, 11) is 4.23. The summed E-state index contributed by atoms with van der Waals surface area (Å²) in [5.74, 6) is 0.124. The third kappa shape index (κ3) is 5.72. The number of rotatable bonds is 6. The Labute approximate surface area is 222 Å². The molecule has 4 amide bonds. The van der Waals surface area contributed by atoms with Crippen LogP contribution >= 0.6 is 11.8 Å². The number of aromatic nitrogens is 1. The van der Waals surface area contributed by atoms with E-state index in [2.05, 4.69) is 69.8 Å². The van der Waals surface area contributed by atoms with E-state index in [0.29, 0.717) is 6.42 Å². The quantitative estimate of drug-likeness (QED) is 0.413. The second-order valence-corrected chi connectivity index (χ2v) is 10.8. The van der Waals surface area contributed by atoms with Gasteiger partial charge >= 0.3 is 6.03 Å². The molecule has 1 fully saturated rings. The number of nitrogens with one attached hydrogen (secondary N) is 2. The van der Waals surface area contributed by atoms with Crippen LogP contribution in [0.15, 0.2) is 64.0 Å². The molecule has 2 aliphatic heterocycles. The van der Waals surface area contributed by atoms with Crippen molar-refractivity contribution in [2.75, 3.05) is 32.1 Å². The monoisotopic (exact) mass is 521 g/mol. The molecular formula is C28H35N5O3S. The first-order valence-electron chi connectivity index (χ1n) is 12.9. The van der Waals surface area contributed by atoms with E-state index < -0.39 is 23.3 Å². The van der Waals surface area contributed by atoms with Gasteiger partial charge in [0.1, 0.15) is 11.2 Å². The molecule has 0 saturated carbocycles. The Kier molecular flexibility index (Phi) is 8.66. The number of barbiturate groups is 1. The van der Waals surface area contributed by atoms with Crippen LogP contribution in [-0.4, -0.2) is 54.9 Å². The number of carbonyl (C=O) groups excluding carboxylic acids is 3. The normalized spacial score (nSPS) is 18.1. The summed E-state index contributed by atoms with van der Waals surface area (Å²) in [6.07, 6.45) is 9.09. The molecule has 0 unspecified atom stereocenters. The van der Waals surface area contributed by atoms with E-state index in [1.807, 2.05) is 30.1 Å². The predicted octanol–water partition coefficient (Wildman–Crippen LogP) is 4.89. The van der Waals surface area contributed by atoms with E-state index in [1.165, 1.54) is 15.5 Å². The number of benzene rings is 1. The van der Waals surface area contributed by atoms with Crippen molar-refractivity contribution in [1.29, 1.82) is 0 Å². The molecule has 3 aliphatic rings. The topological polar surface area (TPSA) is 94.6 Å². The number of hydrogen-bond donors (Lipinski definition) is 2. The number of anilines is 2. The van der Waals surface area contributed by atoms with Crippen LogP contribution in [0.25, 0.3) is 0 Å². The zero-order valence-electron chi connectivity index (χ0n) is 21.8. The Bertz CT molecular complexity index is 1130. The van der Waals surface area contributed by atoms with Crippen molar-refractivity contribution >= 4 is 41.1 Å². The molecule has 5 rings (SSSR count). The smallest absolute Gasteiger partial charge is 0.324 e. The van der Waals surface area contributed by atoms with Gasteiger partial charge in [0.25, 0.3) is 0 Å². The maximum Gasteiger partial charge on any atom is 0.328 e. The molecule has 0 atom stereocenters. The van der Waals surface area contributed by atoms with Crippen molar-refractivity contribution in [3.8, 4) is 0 Å². The van der Waals surface area contributed by atoms with Gasteiger partial charge in [0.15, 0.2) is 0 Å². The Morgan fingerprint density at radius 2 is 1.76 bits per heavy atom. The average Bonchev–Trinajstić information content (AvgIpc) is 2.89. The van der Waals surface area contributed by atoms with E-state index in [1.54, 1.807) is 6.92 Å². The van der Waals surface area contributed by atoms with Crippen LogP contribution in [0.5, 0.6) is 0 Å². The molecular weight excluding hydrogens is 486 g/mol. The lowest BCUT2D eigenvalue weighted by Gasteiger charge is -2.36. The predicted molar refractivity (Wildman–Crippen MR) is 146 cm³/mol. The Morgan fingerprint density at radius 1 is 1.03 bits per heavy atom. The zero-order chi connectivity index (χ0) is 26.4. The van der Waals surface area contributed by atoms with E-state index >= 15 is 0 Å². The summed E-state index contributed by atoms with van der Waals surface area (Å²) in [6, 6.07) is 12.0. The van der Waals surface area contributed by atoms with Gasteiger partial charge in [0, 0.05) is 17.6 Å². The Hall–Kier alpha value is -3.17. The summed E-state index contributed by atoms with van der Waals surface area (Å²) in [4.78, 5) is 46.9. The first-order chi connectivity index (χ1) is 17.9. The van der Waals surface area contributed by atoms with Crippen LogP contribution in [0.3, 0.4) is 0 Å². The fourth-order valence-electron chi connectivity index (χ4n) is 5.05. The standard InChI is InChI=1S/C16H19N3S.C12H16N2O3/c1-18(2)11-6-12-19-13-7-3-4-8-14(13)20-15-9-5-10-17-16(15)19;1-2-12(8-6-4-3-5-7-8)9(15)13-11(17)14-10(12)16/h3-5,7-10H,6,11-12H2,1-2H3;6H,2-5,7H2,1H3,(H2,13,14,15,16,17). The number of carbonyl (C=O) groups is 3. The van der Waals surface area contributed by atoms with Crippen molar-refractivity contribution in [3.63, 3.8) is 0 Å². The van der Waals surface area contributed by atoms with Crippen molar-refractivity contribution in [2.24, 2.45) is 5.41 Å². The fraction of sp³-hybridized carbons (Fsp3) is 0.429. The molecule has 37 heavy (non-hydrogen) atoms. The van der Waals surface area contributed by atoms with E-state index in [-0.39, 0.29) is 0 Å². The van der Waals surface area contributed by atoms with Gasteiger partial charge in [0.05, 0.1) is 10.6 Å². The lowest BCUT2D eigenvalue weighted by atomic mass is 9.71. The van der Waals surface area contributed by atoms with Crippen LogP contribution < -0.4 is 15.5 Å². The highest BCUT2D eigenvalue weighted by Crippen LogP contribution is 2.46. The van der Waals surface area contributed by atoms with Gasteiger partial charge in [-0.15, -0.1) is 0 Å². The first kappa shape index (κ1) is 26.9. The lowest BCUT2D eigenvalue weighted by molar-refractivity contribution is -0.142. The molecule has 8 nitrogen and oxygen atoms in total. The summed E-state index contributed by atoms with van der Waals surface area (Å²) in [5.41, 5.74) is 0.963. The third-order valence-corrected chi connectivity index (χ3v) is 8.07. The minimum Gasteiger partial charge on any atom is -0.324 e. The third-order valence-electron chi connectivity index (χ3n) is 6.97. The fourth-order valence-corrected chi connectivity index (χ4v) is 6.12. The van der Waals surface area contributed by atoms with Gasteiger partial charge in [-0.3, -0.25) is 20.2 Å². The van der Waals surface area contributed by atoms with Crippen molar-refractivity contribution in [2.45, 2.75) is 55.2 Å². The van der Waals surface area contributed by atoms with Gasteiger partial charge < -0.3 is 9.80 Å². The van der Waals surface area contributed by atoms with Gasteiger partial charge in [-0.25, -0.2) is 9.78 Å². The van der Waals surface area contributed by atoms with Crippen LogP contribution in [0.2, 0.25) is 0 Å². The molecule has 3 heterocycles. The highest BCUT2D eigenvalue weighted by Gasteiger charge is 2.51. The van der Waals surface area contributed by atoms with Crippen LogP contribution in [0.4, 0.5) is 16.3 Å². The molecule has 2 N–H and O–H groups in total. The van der Waals surface area contributed by atoms with Gasteiger partial charge in [-0.1, -0.05) is 36.9 Å². The molecule has 196 valence electrons. The number of urea groups is 1. The van der Waals surface area contributed by atoms with Crippen molar-refractivity contribution in [3.05, 3.63) is 54.2 Å². The van der Waals surface area contributed by atoms with Crippen molar-refractivity contribution < 1.29 is 14.4 Å². The highest BCUT2D eigenvalue weighted by molar-refractivity contribution is 7.99. The number of nitrogens with zero attached hydrogens (tertiary/aromatic N) is 3. The largest absolute Gasteiger partial charge is 0.328 e. The van der Waals surface area contributed by atoms with E-state index in [9.17, 15) is 14.4 Å². The van der Waals surface area contributed by atoms with Gasteiger partial charge in [0.2, 0.25) is 11.8 Å². The number of pyridine rings is 1. The molecule has 0 bridgehead atoms. The van der Waals surface area contributed by atoms with E-state index in [4.69, 9.17) is 0 Å². The molecule has 0 spiro atoms. The molecule has 0 radical (unpaired) electrons. The minimum absolute atomic E-state index is 0.379. The minimum atomic E-state index is -1.17. The number of hydrogen-bond acceptors (Lipinski definition) is 7. The summed E-state index contributed by atoms with van der Waals surface area (Å²) in [6.45, 7) is 3.89. The molecule has 1 aromatic heterocycles. The second-order valence-electron chi connectivity index (χ2n) is 9.67. The van der Waals surface area contributed by atoms with Crippen LogP contribution in [-0.2, 0) is 9.59 Å². The van der Waals surface area contributed by atoms with Gasteiger partial charge in [-0.2, -0.15) is 0 Å². The van der Waals surface area contributed by atoms with Crippen molar-refractivity contribution in [1.82, 2.24) is 20.5 Å². The lowest BCUT2D eigenvalue weighted by Crippen LogP contribution is -2.63. The van der Waals surface area contributed by atoms with E-state index in [0.717, 1.165) is 56.6 Å². The number of fused-ring (bicyclic) bond motifs is 2. The number of imide groups is 2. The Morgan fingerprint density at radius 3 is 2.43 bits per heavy atom. The SMILES string of the molecule is CCC1(C2=CCCCC2)C(=O)NC(=O)NC1=O.CN(C)CCCN1c2ccccc2Sc2cccnc21. The number of amides is 4. The van der Waals surface area contributed by atoms with Crippen LogP contribution in [0.1, 0.15) is 45.4 Å². The zero-order valence-corrected chi connectivity index (χ0v) is 22.6. The van der Waals surface area contributed by atoms with Crippen LogP contribution in [0, 0.1) is 5.41 Å². The number of allylic oxidation sites excluding steroid dienone is 1. The number of para-hydroxylation sites is 1. The Balaban J connectivity index is 0.000000176. The summed E-state index contributed by atoms with van der Waals surface area (Å²) < 4.78 is 0. The molecule has 1 aromatic carbocycles. The summed E-state index contributed by atoms with van der Waals surface area (Å²) in [5, 5.41) is 4.40. The molecule has 9 heteroatoms. The van der Waals surface area contributed by atoms with Gasteiger partial charge in [-0.05, 0) is 89.0 Å². The first-order valence-corrected chi connectivity index (χ1v) is 13.7.